The van der Waals surface area contributed by atoms with Crippen LogP contribution in [0.25, 0.3) is 0 Å². The van der Waals surface area contributed by atoms with Crippen LogP contribution < -0.4 is 16.4 Å². The Bertz CT molecular complexity index is 577. The van der Waals surface area contributed by atoms with E-state index in [0.717, 1.165) is 10.0 Å². The van der Waals surface area contributed by atoms with Gasteiger partial charge in [0.05, 0.1) is 12.1 Å². The Morgan fingerprint density at radius 2 is 2.05 bits per heavy atom. The number of urea groups is 1. The van der Waals surface area contributed by atoms with E-state index in [-0.39, 0.29) is 13.0 Å². The van der Waals surface area contributed by atoms with Gasteiger partial charge in [0.2, 0.25) is 0 Å². The molecule has 0 spiro atoms. The van der Waals surface area contributed by atoms with Crippen molar-refractivity contribution in [2.24, 2.45) is 5.73 Å². The number of hydrogen-bond acceptors (Lipinski definition) is 4. The first kappa shape index (κ1) is 18.0. The van der Waals surface area contributed by atoms with Crippen molar-refractivity contribution in [2.45, 2.75) is 26.4 Å². The molecule has 0 aromatic heterocycles. The van der Waals surface area contributed by atoms with Crippen molar-refractivity contribution in [3.05, 3.63) is 28.2 Å². The van der Waals surface area contributed by atoms with Gasteiger partial charge in [-0.1, -0.05) is 6.07 Å². The molecule has 0 radical (unpaired) electrons. The van der Waals surface area contributed by atoms with Gasteiger partial charge in [0.25, 0.3) is 5.91 Å². The Morgan fingerprint density at radius 1 is 1.36 bits per heavy atom. The van der Waals surface area contributed by atoms with Crippen LogP contribution in [0.4, 0.5) is 10.5 Å². The van der Waals surface area contributed by atoms with E-state index in [0.29, 0.717) is 5.69 Å². The number of ether oxygens (including phenoxy) is 1. The van der Waals surface area contributed by atoms with Crippen LogP contribution in [0.3, 0.4) is 0 Å². The van der Waals surface area contributed by atoms with Crippen molar-refractivity contribution >= 4 is 39.5 Å². The van der Waals surface area contributed by atoms with E-state index in [4.69, 9.17) is 10.5 Å². The van der Waals surface area contributed by atoms with Gasteiger partial charge >= 0.3 is 12.0 Å². The number of hydrogen-bond donors (Lipinski definition) is 3. The van der Waals surface area contributed by atoms with Crippen LogP contribution in [0.15, 0.2) is 22.7 Å². The molecule has 22 heavy (non-hydrogen) atoms. The molecule has 0 aliphatic rings. The maximum Gasteiger partial charge on any atom is 0.312 e. The standard InChI is InChI=1S/C14H18BrN3O4/c1-8-3-4-11(10(15)7-8)18-13(20)9(2)22-12(19)5-6-17-14(16)21/h3-4,7,9H,5-6H2,1-2H3,(H,18,20)(H3,16,17,21)/t9-/m1/s1. The predicted octanol–water partition coefficient (Wildman–Crippen LogP) is 1.69. The molecule has 1 aromatic carbocycles. The van der Waals surface area contributed by atoms with Crippen LogP contribution in [-0.2, 0) is 14.3 Å². The molecule has 1 aromatic rings. The summed E-state index contributed by atoms with van der Waals surface area (Å²) in [5.74, 6) is -1.04. The Morgan fingerprint density at radius 3 is 2.64 bits per heavy atom. The van der Waals surface area contributed by atoms with E-state index < -0.39 is 24.0 Å². The third-order valence-electron chi connectivity index (χ3n) is 2.69. The first-order chi connectivity index (χ1) is 10.3. The third kappa shape index (κ3) is 6.13. The zero-order valence-electron chi connectivity index (χ0n) is 12.3. The number of halogens is 1. The monoisotopic (exact) mass is 371 g/mol. The second kappa shape index (κ2) is 8.38. The molecule has 0 fully saturated rings. The fourth-order valence-electron chi connectivity index (χ4n) is 1.55. The minimum atomic E-state index is -0.950. The first-order valence-corrected chi connectivity index (χ1v) is 7.38. The van der Waals surface area contributed by atoms with Crippen LogP contribution >= 0.6 is 15.9 Å². The fraction of sp³-hybridized carbons (Fsp3) is 0.357. The molecule has 0 heterocycles. The van der Waals surface area contributed by atoms with Crippen molar-refractivity contribution in [3.63, 3.8) is 0 Å². The van der Waals surface area contributed by atoms with Gasteiger partial charge < -0.3 is 21.1 Å². The molecule has 8 heteroatoms. The highest BCUT2D eigenvalue weighted by Crippen LogP contribution is 2.23. The number of rotatable bonds is 6. The highest BCUT2D eigenvalue weighted by atomic mass is 79.9. The van der Waals surface area contributed by atoms with E-state index in [9.17, 15) is 14.4 Å². The molecule has 4 N–H and O–H groups in total. The lowest BCUT2D eigenvalue weighted by Crippen LogP contribution is -2.33. The van der Waals surface area contributed by atoms with Crippen LogP contribution in [0.2, 0.25) is 0 Å². The van der Waals surface area contributed by atoms with Crippen molar-refractivity contribution in [3.8, 4) is 0 Å². The smallest absolute Gasteiger partial charge is 0.312 e. The van der Waals surface area contributed by atoms with Gasteiger partial charge in [0, 0.05) is 11.0 Å². The van der Waals surface area contributed by atoms with Crippen LogP contribution in [0.5, 0.6) is 0 Å². The van der Waals surface area contributed by atoms with E-state index in [1.165, 1.54) is 6.92 Å². The first-order valence-electron chi connectivity index (χ1n) is 6.59. The van der Waals surface area contributed by atoms with Gasteiger partial charge in [-0.15, -0.1) is 0 Å². The maximum atomic E-state index is 12.0. The number of nitrogens with two attached hydrogens (primary N) is 1. The summed E-state index contributed by atoms with van der Waals surface area (Å²) < 4.78 is 5.71. The van der Waals surface area contributed by atoms with Gasteiger partial charge in [-0.3, -0.25) is 9.59 Å². The quantitative estimate of drug-likeness (QED) is 0.660. The fourth-order valence-corrected chi connectivity index (χ4v) is 2.15. The number of aryl methyl sites for hydroxylation is 1. The summed E-state index contributed by atoms with van der Waals surface area (Å²) >= 11 is 3.35. The van der Waals surface area contributed by atoms with Crippen molar-refractivity contribution in [2.75, 3.05) is 11.9 Å². The number of nitrogens with one attached hydrogen (secondary N) is 2. The topological polar surface area (TPSA) is 111 Å². The highest BCUT2D eigenvalue weighted by Gasteiger charge is 2.18. The summed E-state index contributed by atoms with van der Waals surface area (Å²) in [6, 6.07) is 4.75. The average molecular weight is 372 g/mol. The summed E-state index contributed by atoms with van der Waals surface area (Å²) in [5.41, 5.74) is 6.51. The van der Waals surface area contributed by atoms with Gasteiger partial charge in [-0.2, -0.15) is 0 Å². The zero-order valence-corrected chi connectivity index (χ0v) is 13.9. The summed E-state index contributed by atoms with van der Waals surface area (Å²) in [6.07, 6.45) is -1.01. The Hall–Kier alpha value is -2.09. The number of amides is 3. The maximum absolute atomic E-state index is 12.0. The molecule has 1 atom stereocenters. The molecule has 0 unspecified atom stereocenters. The SMILES string of the molecule is Cc1ccc(NC(=O)[C@@H](C)OC(=O)CCNC(N)=O)c(Br)c1. The van der Waals surface area contributed by atoms with E-state index in [1.54, 1.807) is 6.07 Å². The summed E-state index contributed by atoms with van der Waals surface area (Å²) in [5, 5.41) is 4.93. The molecule has 7 nitrogen and oxygen atoms in total. The lowest BCUT2D eigenvalue weighted by molar-refractivity contribution is -0.153. The molecule has 1 rings (SSSR count). The Kier molecular flexibility index (Phi) is 6.84. The average Bonchev–Trinajstić information content (AvgIpc) is 2.41. The Balaban J connectivity index is 2.47. The molecule has 120 valence electrons. The van der Waals surface area contributed by atoms with Crippen LogP contribution in [-0.4, -0.2) is 30.6 Å². The number of benzene rings is 1. The minimum absolute atomic E-state index is 0.0607. The second-order valence-electron chi connectivity index (χ2n) is 4.65. The minimum Gasteiger partial charge on any atom is -0.452 e. The normalized spacial score (nSPS) is 11.4. The second-order valence-corrected chi connectivity index (χ2v) is 5.50. The van der Waals surface area contributed by atoms with Gasteiger partial charge in [0.1, 0.15) is 0 Å². The molecule has 3 amide bonds. The van der Waals surface area contributed by atoms with Crippen molar-refractivity contribution in [1.82, 2.24) is 5.32 Å². The number of anilines is 1. The summed E-state index contributed by atoms with van der Waals surface area (Å²) in [4.78, 5) is 33.9. The Labute approximate surface area is 136 Å². The number of primary amides is 1. The van der Waals surface area contributed by atoms with Gasteiger partial charge in [-0.05, 0) is 47.5 Å². The molecular weight excluding hydrogens is 354 g/mol. The van der Waals surface area contributed by atoms with E-state index >= 15 is 0 Å². The third-order valence-corrected chi connectivity index (χ3v) is 3.34. The molecule has 0 bridgehead atoms. The number of esters is 1. The van der Waals surface area contributed by atoms with Crippen LogP contribution in [0.1, 0.15) is 18.9 Å². The summed E-state index contributed by atoms with van der Waals surface area (Å²) in [7, 11) is 0. The molecule has 0 saturated heterocycles. The van der Waals surface area contributed by atoms with E-state index in [1.807, 2.05) is 19.1 Å². The number of carbonyl (C=O) groups excluding carboxylic acids is 3. The zero-order chi connectivity index (χ0) is 16.7. The molecule has 0 aliphatic heterocycles. The largest absolute Gasteiger partial charge is 0.452 e. The number of carbonyl (C=O) groups is 3. The molecule has 0 aliphatic carbocycles. The highest BCUT2D eigenvalue weighted by molar-refractivity contribution is 9.10. The lowest BCUT2D eigenvalue weighted by atomic mass is 10.2. The van der Waals surface area contributed by atoms with Crippen molar-refractivity contribution < 1.29 is 19.1 Å². The summed E-state index contributed by atoms with van der Waals surface area (Å²) in [6.45, 7) is 3.46. The van der Waals surface area contributed by atoms with Gasteiger partial charge in [-0.25, -0.2) is 4.79 Å². The lowest BCUT2D eigenvalue weighted by Gasteiger charge is -2.14. The predicted molar refractivity (Wildman–Crippen MR) is 85.3 cm³/mol. The van der Waals surface area contributed by atoms with Crippen molar-refractivity contribution in [1.29, 1.82) is 0 Å². The molecule has 0 saturated carbocycles. The van der Waals surface area contributed by atoms with E-state index in [2.05, 4.69) is 26.6 Å². The molecular formula is C14H18BrN3O4. The van der Waals surface area contributed by atoms with Gasteiger partial charge in [0.15, 0.2) is 6.10 Å². The van der Waals surface area contributed by atoms with Crippen LogP contribution in [0, 0.1) is 6.92 Å².